The Morgan fingerprint density at radius 2 is 2.00 bits per heavy atom. The van der Waals surface area contributed by atoms with Crippen LogP contribution >= 0.6 is 0 Å². The van der Waals surface area contributed by atoms with E-state index in [1.807, 2.05) is 37.0 Å². The molecule has 0 bridgehead atoms. The molecule has 3 aromatic rings. The second kappa shape index (κ2) is 13.2. The topological polar surface area (TPSA) is 146 Å². The summed E-state index contributed by atoms with van der Waals surface area (Å²) in [5.74, 6) is 0.574. The minimum absolute atomic E-state index is 0.156. The largest absolute Gasteiger partial charge is 0.490 e. The summed E-state index contributed by atoms with van der Waals surface area (Å²) in [6.07, 6.45) is 9.60. The van der Waals surface area contributed by atoms with Gasteiger partial charge in [0.05, 0.1) is 30.5 Å². The quantitative estimate of drug-likeness (QED) is 0.381. The second-order valence-electron chi connectivity index (χ2n) is 11.3. The fourth-order valence-electron chi connectivity index (χ4n) is 5.68. The van der Waals surface area contributed by atoms with Gasteiger partial charge in [0, 0.05) is 55.2 Å². The molecule has 2 saturated heterocycles. The fraction of sp³-hybridized carbons (Fsp3) is 0.516. The number of carbonyl (C=O) groups excluding carboxylic acids is 2. The van der Waals surface area contributed by atoms with Crippen molar-refractivity contribution in [3.8, 4) is 28.8 Å². The molecule has 0 saturated carbocycles. The van der Waals surface area contributed by atoms with E-state index >= 15 is 0 Å². The number of nitrogens with two attached hydrogens (primary N) is 1. The maximum absolute atomic E-state index is 12.5. The van der Waals surface area contributed by atoms with Crippen LogP contribution in [0.3, 0.4) is 0 Å². The molecule has 2 amide bonds. The minimum atomic E-state index is -0.594. The monoisotopic (exact) mass is 574 g/mol. The number of hydrogen-bond donors (Lipinski definition) is 1. The lowest BCUT2D eigenvalue weighted by molar-refractivity contribution is -0.132. The first-order chi connectivity index (χ1) is 20.3. The standard InChI is InChI=1S/C31H38N6O5/c1-20(2)41-28-15-25-24(14-26(28)30(33)39)27(22-16-35-37(18-22)11-6-21-7-12-40-13-8-21)17-34-31(25)42-23-4-3-10-36(19-23)29(38)5-9-32/h14-18,20-21,23H,3-8,10-13,19H2,1-2H3,(H2,33,39). The number of likely N-dealkylation sites (tertiary alicyclic amines) is 1. The number of amides is 2. The van der Waals surface area contributed by atoms with Crippen LogP contribution < -0.4 is 15.2 Å². The number of piperidine rings is 1. The number of fused-ring (bicyclic) bond motifs is 1. The van der Waals surface area contributed by atoms with Crippen molar-refractivity contribution in [1.29, 1.82) is 5.26 Å². The van der Waals surface area contributed by atoms with Crippen molar-refractivity contribution in [3.05, 3.63) is 36.3 Å². The fourth-order valence-corrected chi connectivity index (χ4v) is 5.68. The molecule has 11 nitrogen and oxygen atoms in total. The molecule has 1 atom stereocenters. The summed E-state index contributed by atoms with van der Waals surface area (Å²) in [5, 5.41) is 15.0. The van der Waals surface area contributed by atoms with Gasteiger partial charge in [0.15, 0.2) is 0 Å². The average Bonchev–Trinajstić information content (AvgIpc) is 3.45. The van der Waals surface area contributed by atoms with Gasteiger partial charge in [-0.15, -0.1) is 0 Å². The van der Waals surface area contributed by atoms with Crippen LogP contribution in [0.1, 0.15) is 62.7 Å². The van der Waals surface area contributed by atoms with E-state index in [0.29, 0.717) is 36.0 Å². The molecule has 2 aromatic heterocycles. The Kier molecular flexibility index (Phi) is 9.22. The number of rotatable bonds is 10. The summed E-state index contributed by atoms with van der Waals surface area (Å²) in [5.41, 5.74) is 7.72. The van der Waals surface area contributed by atoms with E-state index in [4.69, 9.17) is 30.2 Å². The zero-order valence-corrected chi connectivity index (χ0v) is 24.3. The molecule has 4 heterocycles. The lowest BCUT2D eigenvalue weighted by atomic mass is 9.97. The van der Waals surface area contributed by atoms with Gasteiger partial charge in [-0.2, -0.15) is 10.4 Å². The average molecular weight is 575 g/mol. The highest BCUT2D eigenvalue weighted by Gasteiger charge is 2.27. The van der Waals surface area contributed by atoms with Gasteiger partial charge in [-0.1, -0.05) is 0 Å². The number of aromatic nitrogens is 3. The van der Waals surface area contributed by atoms with E-state index in [2.05, 4.69) is 5.10 Å². The van der Waals surface area contributed by atoms with E-state index in [1.54, 1.807) is 23.2 Å². The number of ether oxygens (including phenoxy) is 3. The van der Waals surface area contributed by atoms with E-state index < -0.39 is 5.91 Å². The molecule has 1 unspecified atom stereocenters. The maximum Gasteiger partial charge on any atom is 0.252 e. The molecular formula is C31H38N6O5. The molecular weight excluding hydrogens is 536 g/mol. The minimum Gasteiger partial charge on any atom is -0.490 e. The number of nitriles is 1. The van der Waals surface area contributed by atoms with Gasteiger partial charge < -0.3 is 24.8 Å². The molecule has 0 aliphatic carbocycles. The van der Waals surface area contributed by atoms with Crippen LogP contribution in [0.25, 0.3) is 21.9 Å². The van der Waals surface area contributed by atoms with Crippen LogP contribution in [0.15, 0.2) is 30.7 Å². The van der Waals surface area contributed by atoms with Gasteiger partial charge >= 0.3 is 0 Å². The van der Waals surface area contributed by atoms with E-state index in [0.717, 1.165) is 68.4 Å². The number of hydrogen-bond acceptors (Lipinski definition) is 8. The maximum atomic E-state index is 12.5. The zero-order valence-electron chi connectivity index (χ0n) is 24.3. The third-order valence-electron chi connectivity index (χ3n) is 7.87. The zero-order chi connectivity index (χ0) is 29.6. The molecule has 2 aliphatic rings. The van der Waals surface area contributed by atoms with Gasteiger partial charge in [-0.3, -0.25) is 14.3 Å². The Labute approximate surface area is 245 Å². The van der Waals surface area contributed by atoms with Crippen molar-refractivity contribution in [2.45, 2.75) is 71.1 Å². The van der Waals surface area contributed by atoms with Gasteiger partial charge in [-0.05, 0) is 69.4 Å². The lowest BCUT2D eigenvalue weighted by Gasteiger charge is -2.32. The molecule has 2 fully saturated rings. The van der Waals surface area contributed by atoms with Crippen LogP contribution in [-0.4, -0.2) is 70.0 Å². The smallest absolute Gasteiger partial charge is 0.252 e. The van der Waals surface area contributed by atoms with Crippen LogP contribution in [-0.2, 0) is 16.1 Å². The predicted octanol–water partition coefficient (Wildman–Crippen LogP) is 4.08. The molecule has 2 N–H and O–H groups in total. The molecule has 0 spiro atoms. The van der Waals surface area contributed by atoms with Gasteiger partial charge in [0.2, 0.25) is 11.8 Å². The number of carbonyl (C=O) groups is 2. The Morgan fingerprint density at radius 3 is 2.74 bits per heavy atom. The summed E-state index contributed by atoms with van der Waals surface area (Å²) in [7, 11) is 0. The highest BCUT2D eigenvalue weighted by Crippen LogP contribution is 2.38. The van der Waals surface area contributed by atoms with E-state index in [-0.39, 0.29) is 30.1 Å². The summed E-state index contributed by atoms with van der Waals surface area (Å²) in [6, 6.07) is 5.43. The molecule has 5 rings (SSSR count). The van der Waals surface area contributed by atoms with Crippen LogP contribution in [0.2, 0.25) is 0 Å². The summed E-state index contributed by atoms with van der Waals surface area (Å²) < 4.78 is 19.8. The number of nitrogens with zero attached hydrogens (tertiary/aromatic N) is 5. The molecule has 1 aromatic carbocycles. The third kappa shape index (κ3) is 6.82. The van der Waals surface area contributed by atoms with Crippen molar-refractivity contribution in [1.82, 2.24) is 19.7 Å². The van der Waals surface area contributed by atoms with Crippen LogP contribution in [0, 0.1) is 17.2 Å². The summed E-state index contributed by atoms with van der Waals surface area (Å²) in [4.78, 5) is 31.2. The number of aryl methyl sites for hydroxylation is 1. The summed E-state index contributed by atoms with van der Waals surface area (Å²) >= 11 is 0. The predicted molar refractivity (Wildman–Crippen MR) is 156 cm³/mol. The molecule has 2 aliphatic heterocycles. The SMILES string of the molecule is CC(C)Oc1cc2c(OC3CCCN(C(=O)CC#N)C3)ncc(-c3cnn(CCC4CCOCC4)c3)c2cc1C(N)=O. The van der Waals surface area contributed by atoms with Crippen LogP contribution in [0.5, 0.6) is 11.6 Å². The van der Waals surface area contributed by atoms with Crippen molar-refractivity contribution in [2.24, 2.45) is 11.7 Å². The second-order valence-corrected chi connectivity index (χ2v) is 11.3. The van der Waals surface area contributed by atoms with Gasteiger partial charge in [0.1, 0.15) is 18.3 Å². The Morgan fingerprint density at radius 1 is 1.19 bits per heavy atom. The first kappa shape index (κ1) is 29.3. The van der Waals surface area contributed by atoms with Gasteiger partial charge in [0.25, 0.3) is 5.91 Å². The van der Waals surface area contributed by atoms with Crippen molar-refractivity contribution < 1.29 is 23.8 Å². The van der Waals surface area contributed by atoms with Crippen molar-refractivity contribution >= 4 is 22.6 Å². The number of benzene rings is 1. The first-order valence-electron chi connectivity index (χ1n) is 14.7. The molecule has 0 radical (unpaired) electrons. The highest BCUT2D eigenvalue weighted by molar-refractivity contribution is 6.06. The normalized spacial score (nSPS) is 17.8. The summed E-state index contributed by atoms with van der Waals surface area (Å²) in [6.45, 7) is 7.18. The Balaban J connectivity index is 1.48. The Hall–Kier alpha value is -4.17. The van der Waals surface area contributed by atoms with Crippen molar-refractivity contribution in [3.63, 3.8) is 0 Å². The number of pyridine rings is 1. The van der Waals surface area contributed by atoms with Crippen LogP contribution in [0.4, 0.5) is 0 Å². The van der Waals surface area contributed by atoms with Crippen molar-refractivity contribution in [2.75, 3.05) is 26.3 Å². The Bertz CT molecular complexity index is 1470. The molecule has 11 heteroatoms. The van der Waals surface area contributed by atoms with E-state index in [9.17, 15) is 9.59 Å². The lowest BCUT2D eigenvalue weighted by Crippen LogP contribution is -2.44. The molecule has 42 heavy (non-hydrogen) atoms. The first-order valence-corrected chi connectivity index (χ1v) is 14.7. The highest BCUT2D eigenvalue weighted by atomic mass is 16.5. The molecule has 222 valence electrons. The number of primary amides is 1. The van der Waals surface area contributed by atoms with E-state index in [1.165, 1.54) is 0 Å². The van der Waals surface area contributed by atoms with Gasteiger partial charge in [-0.25, -0.2) is 4.98 Å². The third-order valence-corrected chi connectivity index (χ3v) is 7.87.